The molecule has 1 aromatic rings. The van der Waals surface area contributed by atoms with Crippen LogP contribution in [0.2, 0.25) is 0 Å². The van der Waals surface area contributed by atoms with E-state index in [0.717, 1.165) is 30.9 Å². The molecule has 1 saturated heterocycles. The third-order valence-corrected chi connectivity index (χ3v) is 3.78. The molecule has 1 aliphatic rings. The monoisotopic (exact) mass is 254 g/mol. The zero-order valence-electron chi connectivity index (χ0n) is 9.98. The summed E-state index contributed by atoms with van der Waals surface area (Å²) in [6, 6.07) is 0.257. The first-order valence-electron chi connectivity index (χ1n) is 5.83. The molecular formula is C11H18N4OS. The molecule has 0 bridgehead atoms. The molecule has 5 nitrogen and oxygen atoms in total. The molecule has 0 aliphatic carbocycles. The van der Waals surface area contributed by atoms with Crippen LogP contribution in [-0.2, 0) is 6.42 Å². The lowest BCUT2D eigenvalue weighted by atomic mass is 10.2. The number of carbonyl (C=O) groups is 1. The normalized spacial score (nSPS) is 20.7. The van der Waals surface area contributed by atoms with Crippen LogP contribution in [0.5, 0.6) is 0 Å². The predicted octanol–water partition coefficient (Wildman–Crippen LogP) is 0.0782. The van der Waals surface area contributed by atoms with Crippen molar-refractivity contribution in [2.24, 2.45) is 5.73 Å². The van der Waals surface area contributed by atoms with E-state index in [1.165, 1.54) is 11.3 Å². The van der Waals surface area contributed by atoms with Gasteiger partial charge >= 0.3 is 0 Å². The minimum atomic E-state index is -0.0650. The average Bonchev–Trinajstić information content (AvgIpc) is 2.88. The number of thiazole rings is 1. The highest BCUT2D eigenvalue weighted by Gasteiger charge is 2.22. The van der Waals surface area contributed by atoms with Gasteiger partial charge in [-0.3, -0.25) is 4.79 Å². The van der Waals surface area contributed by atoms with Gasteiger partial charge in [0.25, 0.3) is 5.91 Å². The molecule has 17 heavy (non-hydrogen) atoms. The van der Waals surface area contributed by atoms with Gasteiger partial charge in [-0.2, -0.15) is 0 Å². The van der Waals surface area contributed by atoms with Crippen LogP contribution in [0.4, 0.5) is 0 Å². The standard InChI is InChI=1S/C11H18N4OS/c1-15-5-3-8(6-15)13-11(16)9-7-17-10(14-9)2-4-12/h7-8H,2-6,12H2,1H3,(H,13,16). The Balaban J connectivity index is 1.90. The molecule has 2 rings (SSSR count). The van der Waals surface area contributed by atoms with Gasteiger partial charge in [-0.15, -0.1) is 11.3 Å². The molecule has 0 spiro atoms. The van der Waals surface area contributed by atoms with Crippen molar-refractivity contribution in [2.75, 3.05) is 26.7 Å². The molecule has 1 atom stereocenters. The molecular weight excluding hydrogens is 236 g/mol. The Morgan fingerprint density at radius 2 is 2.59 bits per heavy atom. The largest absolute Gasteiger partial charge is 0.347 e. The summed E-state index contributed by atoms with van der Waals surface area (Å²) >= 11 is 1.50. The fourth-order valence-corrected chi connectivity index (χ4v) is 2.76. The van der Waals surface area contributed by atoms with Crippen molar-refractivity contribution in [2.45, 2.75) is 18.9 Å². The van der Waals surface area contributed by atoms with Gasteiger partial charge in [-0.25, -0.2) is 4.98 Å². The first-order chi connectivity index (χ1) is 8.19. The minimum Gasteiger partial charge on any atom is -0.347 e. The topological polar surface area (TPSA) is 71.2 Å². The third kappa shape index (κ3) is 3.24. The fraction of sp³-hybridized carbons (Fsp3) is 0.636. The second-order valence-corrected chi connectivity index (χ2v) is 5.33. The zero-order valence-corrected chi connectivity index (χ0v) is 10.8. The number of likely N-dealkylation sites (tertiary alicyclic amines) is 1. The number of rotatable bonds is 4. The molecule has 6 heteroatoms. The van der Waals surface area contributed by atoms with Crippen LogP contribution in [0.25, 0.3) is 0 Å². The maximum atomic E-state index is 11.9. The van der Waals surface area contributed by atoms with Crippen LogP contribution in [0.15, 0.2) is 5.38 Å². The Hall–Kier alpha value is -0.980. The molecule has 1 fully saturated rings. The molecule has 3 N–H and O–H groups in total. The van der Waals surface area contributed by atoms with Crippen molar-refractivity contribution in [3.63, 3.8) is 0 Å². The fourth-order valence-electron chi connectivity index (χ4n) is 1.97. The molecule has 94 valence electrons. The average molecular weight is 254 g/mol. The van der Waals surface area contributed by atoms with Gasteiger partial charge in [0.2, 0.25) is 0 Å². The molecule has 1 aromatic heterocycles. The Morgan fingerprint density at radius 3 is 3.24 bits per heavy atom. The van der Waals surface area contributed by atoms with Gasteiger partial charge in [0, 0.05) is 24.4 Å². The third-order valence-electron chi connectivity index (χ3n) is 2.87. The Kier molecular flexibility index (Phi) is 4.09. The first-order valence-corrected chi connectivity index (χ1v) is 6.71. The highest BCUT2D eigenvalue weighted by Crippen LogP contribution is 2.11. The van der Waals surface area contributed by atoms with Crippen LogP contribution in [0.3, 0.4) is 0 Å². The maximum absolute atomic E-state index is 11.9. The number of nitrogens with two attached hydrogens (primary N) is 1. The molecule has 2 heterocycles. The zero-order chi connectivity index (χ0) is 12.3. The van der Waals surface area contributed by atoms with E-state index in [1.54, 1.807) is 5.38 Å². The van der Waals surface area contributed by atoms with Crippen molar-refractivity contribution in [3.05, 3.63) is 16.1 Å². The van der Waals surface area contributed by atoms with Crippen LogP contribution >= 0.6 is 11.3 Å². The van der Waals surface area contributed by atoms with Gasteiger partial charge < -0.3 is 16.0 Å². The summed E-state index contributed by atoms with van der Waals surface area (Å²) in [5.74, 6) is -0.0650. The lowest BCUT2D eigenvalue weighted by Gasteiger charge is -2.11. The molecule has 1 amide bonds. The van der Waals surface area contributed by atoms with Gasteiger partial charge in [-0.05, 0) is 26.6 Å². The summed E-state index contributed by atoms with van der Waals surface area (Å²) < 4.78 is 0. The summed E-state index contributed by atoms with van der Waals surface area (Å²) in [4.78, 5) is 18.4. The van der Waals surface area contributed by atoms with E-state index in [0.29, 0.717) is 12.2 Å². The lowest BCUT2D eigenvalue weighted by molar-refractivity contribution is 0.0934. The van der Waals surface area contributed by atoms with E-state index < -0.39 is 0 Å². The first kappa shape index (κ1) is 12.5. The highest BCUT2D eigenvalue weighted by atomic mass is 32.1. The van der Waals surface area contributed by atoms with Gasteiger partial charge in [-0.1, -0.05) is 0 Å². The Bertz CT molecular complexity index is 393. The number of aromatic nitrogens is 1. The Morgan fingerprint density at radius 1 is 1.76 bits per heavy atom. The molecule has 1 unspecified atom stereocenters. The lowest BCUT2D eigenvalue weighted by Crippen LogP contribution is -2.36. The quantitative estimate of drug-likeness (QED) is 0.798. The van der Waals surface area contributed by atoms with Crippen molar-refractivity contribution in [1.29, 1.82) is 0 Å². The SMILES string of the molecule is CN1CCC(NC(=O)c2csc(CCN)n2)C1. The summed E-state index contributed by atoms with van der Waals surface area (Å²) in [5, 5.41) is 5.75. The highest BCUT2D eigenvalue weighted by molar-refractivity contribution is 7.09. The van der Waals surface area contributed by atoms with Crippen molar-refractivity contribution < 1.29 is 4.79 Å². The summed E-state index contributed by atoms with van der Waals surface area (Å²) in [7, 11) is 2.06. The number of amides is 1. The predicted molar refractivity (Wildman–Crippen MR) is 68.2 cm³/mol. The van der Waals surface area contributed by atoms with Crippen molar-refractivity contribution in [1.82, 2.24) is 15.2 Å². The van der Waals surface area contributed by atoms with Gasteiger partial charge in [0.1, 0.15) is 5.69 Å². The van der Waals surface area contributed by atoms with E-state index in [-0.39, 0.29) is 11.9 Å². The molecule has 0 saturated carbocycles. The van der Waals surface area contributed by atoms with Crippen LogP contribution in [-0.4, -0.2) is 48.5 Å². The van der Waals surface area contributed by atoms with E-state index in [2.05, 4.69) is 22.2 Å². The smallest absolute Gasteiger partial charge is 0.271 e. The molecule has 0 aromatic carbocycles. The van der Waals surface area contributed by atoms with Crippen LogP contribution in [0.1, 0.15) is 21.9 Å². The second kappa shape index (κ2) is 5.57. The van der Waals surface area contributed by atoms with Gasteiger partial charge in [0.05, 0.1) is 5.01 Å². The summed E-state index contributed by atoms with van der Waals surface area (Å²) in [6.45, 7) is 2.54. The van der Waals surface area contributed by atoms with Crippen molar-refractivity contribution >= 4 is 17.2 Å². The number of nitrogens with zero attached hydrogens (tertiary/aromatic N) is 2. The minimum absolute atomic E-state index is 0.0650. The number of likely N-dealkylation sites (N-methyl/N-ethyl adjacent to an activating group) is 1. The summed E-state index contributed by atoms with van der Waals surface area (Å²) in [5.41, 5.74) is 5.98. The number of hydrogen-bond acceptors (Lipinski definition) is 5. The number of carbonyl (C=O) groups excluding carboxylic acids is 1. The van der Waals surface area contributed by atoms with Gasteiger partial charge in [0.15, 0.2) is 0 Å². The Labute approximate surface area is 105 Å². The summed E-state index contributed by atoms with van der Waals surface area (Å²) in [6.07, 6.45) is 1.76. The second-order valence-electron chi connectivity index (χ2n) is 4.39. The van der Waals surface area contributed by atoms with Crippen molar-refractivity contribution in [3.8, 4) is 0 Å². The van der Waals surface area contributed by atoms with E-state index in [1.807, 2.05) is 0 Å². The van der Waals surface area contributed by atoms with E-state index in [9.17, 15) is 4.79 Å². The number of hydrogen-bond donors (Lipinski definition) is 2. The van der Waals surface area contributed by atoms with E-state index >= 15 is 0 Å². The maximum Gasteiger partial charge on any atom is 0.271 e. The van der Waals surface area contributed by atoms with Crippen LogP contribution < -0.4 is 11.1 Å². The number of nitrogens with one attached hydrogen (secondary N) is 1. The molecule has 1 aliphatic heterocycles. The van der Waals surface area contributed by atoms with Crippen LogP contribution in [0, 0.1) is 0 Å². The molecule has 0 radical (unpaired) electrons. The van der Waals surface area contributed by atoms with E-state index in [4.69, 9.17) is 5.73 Å².